The molecule has 26 heavy (non-hydrogen) atoms. The number of benzene rings is 1. The van der Waals surface area contributed by atoms with Crippen LogP contribution in [0.4, 0.5) is 0 Å². The van der Waals surface area contributed by atoms with Crippen molar-refractivity contribution in [2.24, 2.45) is 0 Å². The van der Waals surface area contributed by atoms with Crippen LogP contribution in [0.25, 0.3) is 0 Å². The molecule has 1 N–H and O–H groups in total. The maximum atomic E-state index is 12.2. The minimum atomic E-state index is -0.557. The SMILES string of the molecule is CC(c1ccccc1)N(C)C(=O)COC(=O)CCNC(=O)c1ccco1. The van der Waals surface area contributed by atoms with E-state index >= 15 is 0 Å². The monoisotopic (exact) mass is 358 g/mol. The maximum Gasteiger partial charge on any atom is 0.308 e. The lowest BCUT2D eigenvalue weighted by molar-refractivity contribution is -0.152. The number of carbonyl (C=O) groups excluding carboxylic acids is 3. The van der Waals surface area contributed by atoms with Crippen LogP contribution >= 0.6 is 0 Å². The highest BCUT2D eigenvalue weighted by Crippen LogP contribution is 2.18. The molecule has 2 rings (SSSR count). The van der Waals surface area contributed by atoms with E-state index in [0.29, 0.717) is 0 Å². The molecular formula is C19H22N2O5. The summed E-state index contributed by atoms with van der Waals surface area (Å²) in [5, 5.41) is 2.54. The zero-order chi connectivity index (χ0) is 18.9. The molecule has 0 bridgehead atoms. The molecule has 7 nitrogen and oxygen atoms in total. The fourth-order valence-corrected chi connectivity index (χ4v) is 2.26. The third kappa shape index (κ3) is 5.47. The fourth-order valence-electron chi connectivity index (χ4n) is 2.26. The number of esters is 1. The Morgan fingerprint density at radius 1 is 1.15 bits per heavy atom. The van der Waals surface area contributed by atoms with Crippen molar-refractivity contribution < 1.29 is 23.5 Å². The lowest BCUT2D eigenvalue weighted by Gasteiger charge is -2.25. The van der Waals surface area contributed by atoms with E-state index in [9.17, 15) is 14.4 Å². The number of amides is 2. The average molecular weight is 358 g/mol. The van der Waals surface area contributed by atoms with Gasteiger partial charge in [0.2, 0.25) is 0 Å². The normalized spacial score (nSPS) is 11.5. The van der Waals surface area contributed by atoms with Gasteiger partial charge >= 0.3 is 5.97 Å². The predicted octanol–water partition coefficient (Wildman–Crippen LogP) is 2.16. The van der Waals surface area contributed by atoms with Gasteiger partial charge in [-0.2, -0.15) is 0 Å². The standard InChI is InChI=1S/C19H22N2O5/c1-14(15-7-4-3-5-8-15)21(2)17(22)13-26-18(23)10-11-20-19(24)16-9-6-12-25-16/h3-9,12,14H,10-11,13H2,1-2H3,(H,20,24). The molecule has 2 amide bonds. The number of carbonyl (C=O) groups is 3. The van der Waals surface area contributed by atoms with E-state index in [1.54, 1.807) is 13.1 Å². The number of ether oxygens (including phenoxy) is 1. The molecule has 138 valence electrons. The van der Waals surface area contributed by atoms with Crippen LogP contribution in [0.2, 0.25) is 0 Å². The maximum absolute atomic E-state index is 12.2. The number of nitrogens with zero attached hydrogens (tertiary/aromatic N) is 1. The number of nitrogens with one attached hydrogen (secondary N) is 1. The summed E-state index contributed by atoms with van der Waals surface area (Å²) >= 11 is 0. The van der Waals surface area contributed by atoms with E-state index in [-0.39, 0.29) is 37.3 Å². The Kier molecular flexibility index (Phi) is 6.96. The quantitative estimate of drug-likeness (QED) is 0.731. The van der Waals surface area contributed by atoms with Crippen molar-refractivity contribution >= 4 is 17.8 Å². The highest BCUT2D eigenvalue weighted by molar-refractivity contribution is 5.91. The number of hydrogen-bond donors (Lipinski definition) is 1. The van der Waals surface area contributed by atoms with Crippen molar-refractivity contribution in [2.75, 3.05) is 20.2 Å². The molecule has 0 spiro atoms. The lowest BCUT2D eigenvalue weighted by Crippen LogP contribution is -2.34. The van der Waals surface area contributed by atoms with E-state index in [4.69, 9.17) is 9.15 Å². The van der Waals surface area contributed by atoms with Gasteiger partial charge < -0.3 is 19.4 Å². The van der Waals surface area contributed by atoms with E-state index in [2.05, 4.69) is 5.32 Å². The Balaban J connectivity index is 1.69. The molecule has 7 heteroatoms. The summed E-state index contributed by atoms with van der Waals surface area (Å²) in [5.41, 5.74) is 0.996. The molecule has 0 saturated heterocycles. The summed E-state index contributed by atoms with van der Waals surface area (Å²) < 4.78 is 9.92. The second kappa shape index (κ2) is 9.41. The van der Waals surface area contributed by atoms with Crippen LogP contribution in [0, 0.1) is 0 Å². The second-order valence-electron chi connectivity index (χ2n) is 5.74. The fraction of sp³-hybridized carbons (Fsp3) is 0.316. The molecule has 1 heterocycles. The Bertz CT molecular complexity index is 728. The summed E-state index contributed by atoms with van der Waals surface area (Å²) in [7, 11) is 1.66. The van der Waals surface area contributed by atoms with E-state index < -0.39 is 11.9 Å². The van der Waals surface area contributed by atoms with Crippen LogP contribution in [0.5, 0.6) is 0 Å². The van der Waals surface area contributed by atoms with Crippen molar-refractivity contribution in [1.82, 2.24) is 10.2 Å². The summed E-state index contributed by atoms with van der Waals surface area (Å²) in [6.07, 6.45) is 1.36. The first-order chi connectivity index (χ1) is 12.5. The summed E-state index contributed by atoms with van der Waals surface area (Å²) in [6, 6.07) is 12.6. The van der Waals surface area contributed by atoms with Gasteiger partial charge in [-0.1, -0.05) is 30.3 Å². The Labute approximate surface area is 151 Å². The molecular weight excluding hydrogens is 336 g/mol. The molecule has 1 unspecified atom stereocenters. The third-order valence-corrected chi connectivity index (χ3v) is 3.97. The largest absolute Gasteiger partial charge is 0.459 e. The summed E-state index contributed by atoms with van der Waals surface area (Å²) in [4.78, 5) is 37.0. The van der Waals surface area contributed by atoms with Crippen molar-refractivity contribution in [2.45, 2.75) is 19.4 Å². The van der Waals surface area contributed by atoms with Crippen molar-refractivity contribution in [3.63, 3.8) is 0 Å². The topological polar surface area (TPSA) is 88.9 Å². The molecule has 0 aliphatic carbocycles. The molecule has 0 fully saturated rings. The van der Waals surface area contributed by atoms with Crippen molar-refractivity contribution in [3.8, 4) is 0 Å². The van der Waals surface area contributed by atoms with Crippen molar-refractivity contribution in [3.05, 3.63) is 60.1 Å². The number of rotatable bonds is 8. The average Bonchev–Trinajstić information content (AvgIpc) is 3.20. The highest BCUT2D eigenvalue weighted by atomic mass is 16.5. The number of hydrogen-bond acceptors (Lipinski definition) is 5. The van der Waals surface area contributed by atoms with Crippen LogP contribution < -0.4 is 5.32 Å². The van der Waals surface area contributed by atoms with Gasteiger partial charge in [-0.25, -0.2) is 0 Å². The van der Waals surface area contributed by atoms with Gasteiger partial charge in [0.25, 0.3) is 11.8 Å². The van der Waals surface area contributed by atoms with E-state index in [1.165, 1.54) is 17.2 Å². The second-order valence-corrected chi connectivity index (χ2v) is 5.74. The first kappa shape index (κ1) is 19.2. The highest BCUT2D eigenvalue weighted by Gasteiger charge is 2.18. The zero-order valence-electron chi connectivity index (χ0n) is 14.8. The number of likely N-dealkylation sites (N-methyl/N-ethyl adjacent to an activating group) is 1. The molecule has 0 aliphatic heterocycles. The predicted molar refractivity (Wildman–Crippen MR) is 94.2 cm³/mol. The molecule has 0 radical (unpaired) electrons. The molecule has 1 aromatic carbocycles. The number of furan rings is 1. The van der Waals surface area contributed by atoms with Gasteiger partial charge in [-0.3, -0.25) is 14.4 Å². The first-order valence-electron chi connectivity index (χ1n) is 8.27. The molecule has 1 aromatic heterocycles. The van der Waals surface area contributed by atoms with Crippen LogP contribution in [0.15, 0.2) is 53.1 Å². The van der Waals surface area contributed by atoms with Crippen LogP contribution in [0.3, 0.4) is 0 Å². The van der Waals surface area contributed by atoms with Gasteiger partial charge in [0.05, 0.1) is 18.7 Å². The molecule has 2 aromatic rings. The summed E-state index contributed by atoms with van der Waals surface area (Å²) in [6.45, 7) is 1.67. The zero-order valence-corrected chi connectivity index (χ0v) is 14.8. The minimum Gasteiger partial charge on any atom is -0.459 e. The lowest BCUT2D eigenvalue weighted by atomic mass is 10.1. The van der Waals surface area contributed by atoms with Gasteiger partial charge in [0.15, 0.2) is 12.4 Å². The summed E-state index contributed by atoms with van der Waals surface area (Å²) in [5.74, 6) is -1.09. The smallest absolute Gasteiger partial charge is 0.308 e. The van der Waals surface area contributed by atoms with Gasteiger partial charge in [-0.15, -0.1) is 0 Å². The van der Waals surface area contributed by atoms with Gasteiger partial charge in [-0.05, 0) is 24.6 Å². The van der Waals surface area contributed by atoms with Gasteiger partial charge in [0, 0.05) is 13.6 Å². The Morgan fingerprint density at radius 3 is 2.54 bits per heavy atom. The molecule has 0 saturated carbocycles. The van der Waals surface area contributed by atoms with Crippen LogP contribution in [-0.4, -0.2) is 42.9 Å². The van der Waals surface area contributed by atoms with Crippen molar-refractivity contribution in [1.29, 1.82) is 0 Å². The minimum absolute atomic E-state index is 0.0301. The van der Waals surface area contributed by atoms with E-state index in [0.717, 1.165) is 5.56 Å². The Morgan fingerprint density at radius 2 is 1.88 bits per heavy atom. The first-order valence-corrected chi connectivity index (χ1v) is 8.27. The third-order valence-electron chi connectivity index (χ3n) is 3.97. The van der Waals surface area contributed by atoms with E-state index in [1.807, 2.05) is 37.3 Å². The van der Waals surface area contributed by atoms with Crippen LogP contribution in [0.1, 0.15) is 35.5 Å². The van der Waals surface area contributed by atoms with Crippen LogP contribution in [-0.2, 0) is 14.3 Å². The Hall–Kier alpha value is -3.09. The molecule has 0 aliphatic rings. The van der Waals surface area contributed by atoms with Gasteiger partial charge in [0.1, 0.15) is 0 Å². The molecule has 1 atom stereocenters.